The highest BCUT2D eigenvalue weighted by Gasteiger charge is 2.17. The lowest BCUT2D eigenvalue weighted by atomic mass is 10.2. The smallest absolute Gasteiger partial charge is 0.213 e. The van der Waals surface area contributed by atoms with Crippen LogP contribution in [0.15, 0.2) is 23.3 Å². The Bertz CT molecular complexity index is 603. The molecule has 170 valence electrons. The van der Waals surface area contributed by atoms with Crippen molar-refractivity contribution in [1.29, 1.82) is 0 Å². The van der Waals surface area contributed by atoms with Gasteiger partial charge in [0.2, 0.25) is 5.88 Å². The summed E-state index contributed by atoms with van der Waals surface area (Å²) < 4.78 is 17.2. The van der Waals surface area contributed by atoms with E-state index in [0.29, 0.717) is 25.4 Å². The van der Waals surface area contributed by atoms with Crippen molar-refractivity contribution in [3.05, 3.63) is 23.9 Å². The van der Waals surface area contributed by atoms with Crippen LogP contribution < -0.4 is 15.4 Å². The number of aliphatic imine (C=N–C) groups is 1. The molecule has 2 heterocycles. The molecular formula is C22H37IN4O3. The number of nitrogens with zero attached hydrogens (tertiary/aromatic N) is 2. The first-order chi connectivity index (χ1) is 14.3. The predicted molar refractivity (Wildman–Crippen MR) is 130 cm³/mol. The van der Waals surface area contributed by atoms with Gasteiger partial charge in [0.1, 0.15) is 6.10 Å². The lowest BCUT2D eigenvalue weighted by molar-refractivity contribution is 0.0168. The Kier molecular flexibility index (Phi) is 12.4. The summed E-state index contributed by atoms with van der Waals surface area (Å²) in [7, 11) is 0. The molecule has 1 saturated heterocycles. The molecule has 0 spiro atoms. The summed E-state index contributed by atoms with van der Waals surface area (Å²) in [5.74, 6) is 1.54. The van der Waals surface area contributed by atoms with E-state index in [4.69, 9.17) is 14.2 Å². The molecule has 1 aliphatic carbocycles. The molecule has 0 amide bonds. The molecule has 1 unspecified atom stereocenters. The van der Waals surface area contributed by atoms with Crippen molar-refractivity contribution in [2.24, 2.45) is 4.99 Å². The molecule has 1 aliphatic heterocycles. The standard InChI is InChI=1S/C22H36N4O3.HI/c1-2-23-22(24-12-6-13-27-17-20-9-5-14-28-20)26-16-18-10-11-21(25-15-18)29-19-7-3-4-8-19;/h10-11,15,19-20H,2-9,12-14,16-17H2,1H3,(H2,23,24,26);1H. The van der Waals surface area contributed by atoms with Crippen molar-refractivity contribution in [2.75, 3.05) is 32.9 Å². The third-order valence-corrected chi connectivity index (χ3v) is 5.24. The minimum Gasteiger partial charge on any atom is -0.474 e. The van der Waals surface area contributed by atoms with Gasteiger partial charge in [-0.1, -0.05) is 6.07 Å². The number of halogens is 1. The topological polar surface area (TPSA) is 77.0 Å². The van der Waals surface area contributed by atoms with E-state index in [1.165, 1.54) is 12.8 Å². The summed E-state index contributed by atoms with van der Waals surface area (Å²) in [6, 6.07) is 4.00. The highest BCUT2D eigenvalue weighted by atomic mass is 127. The fourth-order valence-corrected chi connectivity index (χ4v) is 3.63. The van der Waals surface area contributed by atoms with Crippen molar-refractivity contribution in [1.82, 2.24) is 15.6 Å². The number of hydrogen-bond acceptors (Lipinski definition) is 5. The maximum atomic E-state index is 5.92. The van der Waals surface area contributed by atoms with Crippen LogP contribution in [-0.4, -0.2) is 56.1 Å². The molecule has 2 fully saturated rings. The molecule has 2 N–H and O–H groups in total. The zero-order chi connectivity index (χ0) is 20.2. The number of hydrogen-bond donors (Lipinski definition) is 2. The van der Waals surface area contributed by atoms with Crippen molar-refractivity contribution in [3.8, 4) is 5.88 Å². The van der Waals surface area contributed by atoms with Gasteiger partial charge in [0.05, 0.1) is 19.3 Å². The van der Waals surface area contributed by atoms with Crippen LogP contribution >= 0.6 is 24.0 Å². The Balaban J connectivity index is 0.00000320. The predicted octanol–water partition coefficient (Wildman–Crippen LogP) is 3.66. The van der Waals surface area contributed by atoms with Crippen LogP contribution in [0.25, 0.3) is 0 Å². The van der Waals surface area contributed by atoms with Gasteiger partial charge < -0.3 is 24.8 Å². The van der Waals surface area contributed by atoms with E-state index in [-0.39, 0.29) is 24.0 Å². The van der Waals surface area contributed by atoms with Gasteiger partial charge in [-0.05, 0) is 57.4 Å². The molecule has 1 saturated carbocycles. The second-order valence-electron chi connectivity index (χ2n) is 7.71. The van der Waals surface area contributed by atoms with Crippen LogP contribution in [0.1, 0.15) is 57.4 Å². The maximum Gasteiger partial charge on any atom is 0.213 e. The first-order valence-corrected chi connectivity index (χ1v) is 11.2. The van der Waals surface area contributed by atoms with Gasteiger partial charge >= 0.3 is 0 Å². The highest BCUT2D eigenvalue weighted by Crippen LogP contribution is 2.22. The average molecular weight is 532 g/mol. The Labute approximate surface area is 197 Å². The van der Waals surface area contributed by atoms with E-state index in [2.05, 4.69) is 27.5 Å². The van der Waals surface area contributed by atoms with Crippen LogP contribution in [0.2, 0.25) is 0 Å². The third kappa shape index (κ3) is 9.34. The van der Waals surface area contributed by atoms with Gasteiger partial charge in [0.25, 0.3) is 0 Å². The Morgan fingerprint density at radius 3 is 2.77 bits per heavy atom. The first kappa shape index (κ1) is 25.1. The average Bonchev–Trinajstić information content (AvgIpc) is 3.44. The van der Waals surface area contributed by atoms with Gasteiger partial charge in [-0.15, -0.1) is 24.0 Å². The molecular weight excluding hydrogens is 495 g/mol. The van der Waals surface area contributed by atoms with Crippen molar-refractivity contribution in [2.45, 2.75) is 70.6 Å². The molecule has 0 aromatic carbocycles. The van der Waals surface area contributed by atoms with Gasteiger partial charge in [-0.2, -0.15) is 0 Å². The van der Waals surface area contributed by atoms with Crippen LogP contribution in [0.3, 0.4) is 0 Å². The number of nitrogens with one attached hydrogen (secondary N) is 2. The van der Waals surface area contributed by atoms with Crippen LogP contribution in [-0.2, 0) is 16.0 Å². The minimum absolute atomic E-state index is 0. The zero-order valence-electron chi connectivity index (χ0n) is 18.1. The number of aromatic nitrogens is 1. The van der Waals surface area contributed by atoms with Gasteiger partial charge in [-0.3, -0.25) is 0 Å². The summed E-state index contributed by atoms with van der Waals surface area (Å²) in [6.07, 6.45) is 10.5. The number of guanidine groups is 1. The van der Waals surface area contributed by atoms with Crippen molar-refractivity contribution < 1.29 is 14.2 Å². The Morgan fingerprint density at radius 1 is 1.20 bits per heavy atom. The molecule has 0 bridgehead atoms. The molecule has 0 radical (unpaired) electrons. The molecule has 1 aromatic rings. The molecule has 1 atom stereocenters. The molecule has 3 rings (SSSR count). The minimum atomic E-state index is 0. The fraction of sp³-hybridized carbons (Fsp3) is 0.727. The van der Waals surface area contributed by atoms with Gasteiger partial charge in [0, 0.05) is 38.6 Å². The van der Waals surface area contributed by atoms with Crippen LogP contribution in [0.4, 0.5) is 0 Å². The van der Waals surface area contributed by atoms with E-state index in [1.807, 2.05) is 18.3 Å². The number of pyridine rings is 1. The SMILES string of the molecule is CCNC(=NCc1ccc(OC2CCCC2)nc1)NCCCOCC1CCCO1.I. The van der Waals surface area contributed by atoms with E-state index in [9.17, 15) is 0 Å². The zero-order valence-corrected chi connectivity index (χ0v) is 20.4. The lowest BCUT2D eigenvalue weighted by Crippen LogP contribution is -2.38. The van der Waals surface area contributed by atoms with Gasteiger partial charge in [-0.25, -0.2) is 9.98 Å². The molecule has 7 nitrogen and oxygen atoms in total. The molecule has 30 heavy (non-hydrogen) atoms. The second-order valence-corrected chi connectivity index (χ2v) is 7.71. The summed E-state index contributed by atoms with van der Waals surface area (Å²) in [5, 5.41) is 6.64. The van der Waals surface area contributed by atoms with Gasteiger partial charge in [0.15, 0.2) is 5.96 Å². The summed E-state index contributed by atoms with van der Waals surface area (Å²) >= 11 is 0. The monoisotopic (exact) mass is 532 g/mol. The molecule has 2 aliphatic rings. The highest BCUT2D eigenvalue weighted by molar-refractivity contribution is 14.0. The lowest BCUT2D eigenvalue weighted by Gasteiger charge is -2.13. The quantitative estimate of drug-likeness (QED) is 0.196. The Hall–Kier alpha value is -1.13. The summed E-state index contributed by atoms with van der Waals surface area (Å²) in [6.45, 7) is 6.63. The second kappa shape index (κ2) is 14.8. The largest absolute Gasteiger partial charge is 0.474 e. The molecule has 8 heteroatoms. The normalized spacial score (nSPS) is 19.5. The third-order valence-electron chi connectivity index (χ3n) is 5.24. The fourth-order valence-electron chi connectivity index (χ4n) is 3.63. The number of ether oxygens (including phenoxy) is 3. The molecule has 1 aromatic heterocycles. The van der Waals surface area contributed by atoms with Crippen LogP contribution in [0, 0.1) is 0 Å². The summed E-state index contributed by atoms with van der Waals surface area (Å²) in [4.78, 5) is 9.09. The number of rotatable bonds is 11. The summed E-state index contributed by atoms with van der Waals surface area (Å²) in [5.41, 5.74) is 1.07. The van der Waals surface area contributed by atoms with E-state index in [0.717, 1.165) is 75.8 Å². The van der Waals surface area contributed by atoms with E-state index >= 15 is 0 Å². The van der Waals surface area contributed by atoms with E-state index in [1.54, 1.807) is 0 Å². The van der Waals surface area contributed by atoms with E-state index < -0.39 is 0 Å². The van der Waals surface area contributed by atoms with Crippen molar-refractivity contribution in [3.63, 3.8) is 0 Å². The van der Waals surface area contributed by atoms with Crippen molar-refractivity contribution >= 4 is 29.9 Å². The Morgan fingerprint density at radius 2 is 2.07 bits per heavy atom. The first-order valence-electron chi connectivity index (χ1n) is 11.2. The maximum absolute atomic E-state index is 5.92. The van der Waals surface area contributed by atoms with Crippen LogP contribution in [0.5, 0.6) is 5.88 Å².